The molecule has 0 unspecified atom stereocenters. The molecule has 0 aromatic carbocycles. The van der Waals surface area contributed by atoms with Crippen molar-refractivity contribution in [3.05, 3.63) is 6.33 Å². The van der Waals surface area contributed by atoms with Gasteiger partial charge in [0.25, 0.3) is 0 Å². The van der Waals surface area contributed by atoms with E-state index >= 15 is 0 Å². The van der Waals surface area contributed by atoms with Crippen molar-refractivity contribution in [2.75, 3.05) is 5.75 Å². The van der Waals surface area contributed by atoms with Crippen molar-refractivity contribution in [1.82, 2.24) is 14.8 Å². The highest BCUT2D eigenvalue weighted by Gasteiger charge is 2.14. The SMILES string of the molecule is CCn1cnnc1SCC1CCCCC1. The van der Waals surface area contributed by atoms with Crippen LogP contribution in [0.3, 0.4) is 0 Å². The highest BCUT2D eigenvalue weighted by atomic mass is 32.2. The van der Waals surface area contributed by atoms with Crippen LogP contribution < -0.4 is 0 Å². The van der Waals surface area contributed by atoms with Crippen LogP contribution in [0, 0.1) is 5.92 Å². The third-order valence-corrected chi connectivity index (χ3v) is 4.31. The molecule has 1 aliphatic carbocycles. The predicted octanol–water partition coefficient (Wildman–Crippen LogP) is 2.97. The molecule has 4 heteroatoms. The Morgan fingerprint density at radius 3 is 2.93 bits per heavy atom. The average Bonchev–Trinajstić information content (AvgIpc) is 2.75. The standard InChI is InChI=1S/C11H19N3S/c1-2-14-9-12-13-11(14)15-8-10-6-4-3-5-7-10/h9-10H,2-8H2,1H3. The Kier molecular flexibility index (Phi) is 4.06. The summed E-state index contributed by atoms with van der Waals surface area (Å²) >= 11 is 1.87. The Morgan fingerprint density at radius 1 is 1.40 bits per heavy atom. The summed E-state index contributed by atoms with van der Waals surface area (Å²) < 4.78 is 2.12. The average molecular weight is 225 g/mol. The lowest BCUT2D eigenvalue weighted by atomic mass is 9.91. The second-order valence-corrected chi connectivity index (χ2v) is 5.20. The molecule has 0 bridgehead atoms. The van der Waals surface area contributed by atoms with Gasteiger partial charge in [-0.25, -0.2) is 0 Å². The first kappa shape index (κ1) is 11.0. The lowest BCUT2D eigenvalue weighted by Gasteiger charge is -2.20. The molecule has 1 heterocycles. The fraction of sp³-hybridized carbons (Fsp3) is 0.818. The van der Waals surface area contributed by atoms with Crippen LogP contribution in [0.5, 0.6) is 0 Å². The van der Waals surface area contributed by atoms with Crippen LogP contribution >= 0.6 is 11.8 Å². The molecule has 0 radical (unpaired) electrons. The molecule has 1 aromatic heterocycles. The van der Waals surface area contributed by atoms with Gasteiger partial charge in [0.1, 0.15) is 6.33 Å². The van der Waals surface area contributed by atoms with Crippen molar-refractivity contribution < 1.29 is 0 Å². The van der Waals surface area contributed by atoms with Gasteiger partial charge in [-0.2, -0.15) is 0 Å². The van der Waals surface area contributed by atoms with E-state index in [0.717, 1.165) is 17.6 Å². The molecule has 1 saturated carbocycles. The fourth-order valence-electron chi connectivity index (χ4n) is 2.12. The van der Waals surface area contributed by atoms with Crippen LogP contribution in [0.4, 0.5) is 0 Å². The molecule has 0 atom stereocenters. The number of nitrogens with zero attached hydrogens (tertiary/aromatic N) is 3. The largest absolute Gasteiger partial charge is 0.309 e. The van der Waals surface area contributed by atoms with Gasteiger partial charge in [-0.3, -0.25) is 0 Å². The maximum absolute atomic E-state index is 4.15. The summed E-state index contributed by atoms with van der Waals surface area (Å²) in [6.45, 7) is 3.11. The van der Waals surface area contributed by atoms with E-state index in [9.17, 15) is 0 Å². The molecule has 84 valence electrons. The van der Waals surface area contributed by atoms with Crippen LogP contribution in [0.15, 0.2) is 11.5 Å². The van der Waals surface area contributed by atoms with E-state index < -0.39 is 0 Å². The number of thioether (sulfide) groups is 1. The van der Waals surface area contributed by atoms with Gasteiger partial charge in [0.05, 0.1) is 0 Å². The fourth-order valence-corrected chi connectivity index (χ4v) is 3.28. The summed E-state index contributed by atoms with van der Waals surface area (Å²) in [4.78, 5) is 0. The first-order valence-corrected chi connectivity index (χ1v) is 6.89. The van der Waals surface area contributed by atoms with Gasteiger partial charge in [-0.05, 0) is 25.7 Å². The first-order chi connectivity index (χ1) is 7.40. The minimum Gasteiger partial charge on any atom is -0.309 e. The molecule has 2 rings (SSSR count). The lowest BCUT2D eigenvalue weighted by Crippen LogP contribution is -2.09. The van der Waals surface area contributed by atoms with Gasteiger partial charge in [0, 0.05) is 12.3 Å². The van der Waals surface area contributed by atoms with Gasteiger partial charge in [-0.15, -0.1) is 10.2 Å². The van der Waals surface area contributed by atoms with Crippen LogP contribution in [-0.2, 0) is 6.54 Å². The highest BCUT2D eigenvalue weighted by molar-refractivity contribution is 7.99. The minimum absolute atomic E-state index is 0.908. The Morgan fingerprint density at radius 2 is 2.20 bits per heavy atom. The smallest absolute Gasteiger partial charge is 0.190 e. The molecule has 0 saturated heterocycles. The zero-order valence-electron chi connectivity index (χ0n) is 9.35. The van der Waals surface area contributed by atoms with Crippen molar-refractivity contribution >= 4 is 11.8 Å². The summed E-state index contributed by atoms with van der Waals surface area (Å²) in [5.74, 6) is 2.13. The lowest BCUT2D eigenvalue weighted by molar-refractivity contribution is 0.390. The van der Waals surface area contributed by atoms with Crippen LogP contribution in [0.1, 0.15) is 39.0 Å². The maximum Gasteiger partial charge on any atom is 0.190 e. The molecule has 0 amide bonds. The van der Waals surface area contributed by atoms with Gasteiger partial charge in [-0.1, -0.05) is 31.0 Å². The molecular weight excluding hydrogens is 206 g/mol. The molecule has 0 spiro atoms. The number of rotatable bonds is 4. The summed E-state index contributed by atoms with van der Waals surface area (Å²) in [6.07, 6.45) is 8.92. The predicted molar refractivity (Wildman–Crippen MR) is 63.0 cm³/mol. The Bertz CT molecular complexity index is 292. The molecule has 1 aliphatic rings. The van der Waals surface area contributed by atoms with Crippen LogP contribution in [0.2, 0.25) is 0 Å². The summed E-state index contributed by atoms with van der Waals surface area (Å²) in [7, 11) is 0. The van der Waals surface area contributed by atoms with Crippen molar-refractivity contribution in [2.24, 2.45) is 5.92 Å². The quantitative estimate of drug-likeness (QED) is 0.738. The van der Waals surface area contributed by atoms with Gasteiger partial charge < -0.3 is 4.57 Å². The molecule has 3 nitrogen and oxygen atoms in total. The van der Waals surface area contributed by atoms with E-state index in [0.29, 0.717) is 0 Å². The monoisotopic (exact) mass is 225 g/mol. The first-order valence-electron chi connectivity index (χ1n) is 5.90. The zero-order valence-corrected chi connectivity index (χ0v) is 10.2. The van der Waals surface area contributed by atoms with E-state index in [1.807, 2.05) is 18.1 Å². The summed E-state index contributed by atoms with van der Waals surface area (Å²) in [5.41, 5.74) is 0. The van der Waals surface area contributed by atoms with Crippen molar-refractivity contribution in [3.63, 3.8) is 0 Å². The summed E-state index contributed by atoms with van der Waals surface area (Å²) in [6, 6.07) is 0. The van der Waals surface area contributed by atoms with Gasteiger partial charge in [0.2, 0.25) is 0 Å². The molecular formula is C11H19N3S. The second-order valence-electron chi connectivity index (χ2n) is 4.21. The highest BCUT2D eigenvalue weighted by Crippen LogP contribution is 2.28. The number of hydrogen-bond donors (Lipinski definition) is 0. The number of aryl methyl sites for hydroxylation is 1. The Hall–Kier alpha value is -0.510. The molecule has 1 fully saturated rings. The van der Waals surface area contributed by atoms with Gasteiger partial charge in [0.15, 0.2) is 5.16 Å². The molecule has 1 aromatic rings. The topological polar surface area (TPSA) is 30.7 Å². The van der Waals surface area contributed by atoms with Crippen LogP contribution in [0.25, 0.3) is 0 Å². The van der Waals surface area contributed by atoms with Gasteiger partial charge >= 0.3 is 0 Å². The third-order valence-electron chi connectivity index (χ3n) is 3.09. The minimum atomic E-state index is 0.908. The van der Waals surface area contributed by atoms with E-state index in [4.69, 9.17) is 0 Å². The normalized spacial score (nSPS) is 18.2. The Balaban J connectivity index is 1.81. The van der Waals surface area contributed by atoms with E-state index in [1.54, 1.807) is 0 Å². The van der Waals surface area contributed by atoms with E-state index in [2.05, 4.69) is 21.7 Å². The van der Waals surface area contributed by atoms with Crippen molar-refractivity contribution in [3.8, 4) is 0 Å². The zero-order chi connectivity index (χ0) is 10.5. The molecule has 0 aliphatic heterocycles. The summed E-state index contributed by atoms with van der Waals surface area (Å²) in [5, 5.41) is 9.18. The Labute approximate surface area is 95.7 Å². The van der Waals surface area contributed by atoms with E-state index in [-0.39, 0.29) is 0 Å². The van der Waals surface area contributed by atoms with Crippen LogP contribution in [-0.4, -0.2) is 20.5 Å². The van der Waals surface area contributed by atoms with Crippen molar-refractivity contribution in [1.29, 1.82) is 0 Å². The third kappa shape index (κ3) is 2.97. The number of hydrogen-bond acceptors (Lipinski definition) is 3. The molecule has 0 N–H and O–H groups in total. The molecule has 15 heavy (non-hydrogen) atoms. The van der Waals surface area contributed by atoms with E-state index in [1.165, 1.54) is 37.9 Å². The number of aromatic nitrogens is 3. The second kappa shape index (κ2) is 5.54. The van der Waals surface area contributed by atoms with Crippen molar-refractivity contribution in [2.45, 2.75) is 50.7 Å². The maximum atomic E-state index is 4.15.